The third-order valence-corrected chi connectivity index (χ3v) is 2.16. The minimum atomic E-state index is 0.00210. The highest BCUT2D eigenvalue weighted by atomic mass is 35.5. The molecule has 1 unspecified atom stereocenters. The highest BCUT2D eigenvalue weighted by Gasteiger charge is 2.07. The van der Waals surface area contributed by atoms with Crippen molar-refractivity contribution in [3.63, 3.8) is 0 Å². The molecule has 2 nitrogen and oxygen atoms in total. The average Bonchev–Trinajstić information content (AvgIpc) is 2.04. The molecule has 0 aliphatic heterocycles. The minimum Gasteiger partial charge on any atom is -0.314 e. The smallest absolute Gasteiger partial charge is 0.0568 e. The van der Waals surface area contributed by atoms with Gasteiger partial charge in [0.05, 0.1) is 6.04 Å². The molecule has 1 aromatic rings. The van der Waals surface area contributed by atoms with Gasteiger partial charge in [-0.25, -0.2) is 0 Å². The third-order valence-electron chi connectivity index (χ3n) is 1.91. The second-order valence-electron chi connectivity index (χ2n) is 2.80. The maximum absolute atomic E-state index is 9.14. The number of hydroxylamine groups is 2. The fourth-order valence-electron chi connectivity index (χ4n) is 0.957. The van der Waals surface area contributed by atoms with Gasteiger partial charge in [-0.05, 0) is 24.6 Å². The molecule has 0 aromatic heterocycles. The molecule has 1 N–H and O–H groups in total. The van der Waals surface area contributed by atoms with Crippen LogP contribution in [0, 0.1) is 0 Å². The zero-order valence-corrected chi connectivity index (χ0v) is 7.92. The third kappa shape index (κ3) is 2.21. The zero-order chi connectivity index (χ0) is 9.14. The van der Waals surface area contributed by atoms with Crippen LogP contribution in [0.5, 0.6) is 0 Å². The molecule has 1 aromatic carbocycles. The Bertz CT molecular complexity index is 245. The summed E-state index contributed by atoms with van der Waals surface area (Å²) in [6.45, 7) is 1.92. The Morgan fingerprint density at radius 1 is 1.33 bits per heavy atom. The molecule has 0 aliphatic carbocycles. The molecule has 0 bridgehead atoms. The predicted molar refractivity (Wildman–Crippen MR) is 49.4 cm³/mol. The van der Waals surface area contributed by atoms with E-state index in [1.807, 2.05) is 31.2 Å². The predicted octanol–water partition coefficient (Wildman–Crippen LogP) is 2.72. The summed E-state index contributed by atoms with van der Waals surface area (Å²) in [5, 5.41) is 11.0. The van der Waals surface area contributed by atoms with Crippen LogP contribution in [0.1, 0.15) is 18.5 Å². The summed E-state index contributed by atoms with van der Waals surface area (Å²) in [5.74, 6) is 0. The molecule has 0 saturated heterocycles. The van der Waals surface area contributed by atoms with E-state index in [1.54, 1.807) is 7.05 Å². The number of rotatable bonds is 2. The molecular weight excluding hydrogens is 174 g/mol. The number of nitrogens with zero attached hydrogens (tertiary/aromatic N) is 1. The first-order valence-electron chi connectivity index (χ1n) is 3.78. The van der Waals surface area contributed by atoms with Crippen molar-refractivity contribution in [1.29, 1.82) is 0 Å². The van der Waals surface area contributed by atoms with Crippen LogP contribution in [0.2, 0.25) is 5.02 Å². The van der Waals surface area contributed by atoms with Gasteiger partial charge in [0.1, 0.15) is 0 Å². The van der Waals surface area contributed by atoms with E-state index >= 15 is 0 Å². The van der Waals surface area contributed by atoms with E-state index in [2.05, 4.69) is 0 Å². The summed E-state index contributed by atoms with van der Waals surface area (Å²) >= 11 is 5.72. The van der Waals surface area contributed by atoms with Gasteiger partial charge in [-0.1, -0.05) is 23.7 Å². The number of benzene rings is 1. The topological polar surface area (TPSA) is 23.5 Å². The first-order chi connectivity index (χ1) is 5.61. The van der Waals surface area contributed by atoms with Gasteiger partial charge < -0.3 is 5.21 Å². The Balaban J connectivity index is 2.82. The molecule has 0 fully saturated rings. The lowest BCUT2D eigenvalue weighted by atomic mass is 10.1. The van der Waals surface area contributed by atoms with E-state index in [0.29, 0.717) is 5.02 Å². The number of hydrogen-bond donors (Lipinski definition) is 1. The number of halogens is 1. The Labute approximate surface area is 77.3 Å². The van der Waals surface area contributed by atoms with Crippen molar-refractivity contribution in [1.82, 2.24) is 5.06 Å². The van der Waals surface area contributed by atoms with Crippen LogP contribution in [-0.2, 0) is 0 Å². The molecule has 66 valence electrons. The van der Waals surface area contributed by atoms with Crippen LogP contribution in [0.25, 0.3) is 0 Å². The molecule has 0 aliphatic rings. The second-order valence-corrected chi connectivity index (χ2v) is 3.24. The SMILES string of the molecule is CC(c1ccc(Cl)cc1)N(C)O. The monoisotopic (exact) mass is 185 g/mol. The van der Waals surface area contributed by atoms with Gasteiger partial charge in [-0.15, -0.1) is 0 Å². The molecular formula is C9H12ClNO. The zero-order valence-electron chi connectivity index (χ0n) is 7.16. The molecule has 0 radical (unpaired) electrons. The molecule has 0 heterocycles. The van der Waals surface area contributed by atoms with E-state index in [4.69, 9.17) is 16.8 Å². The summed E-state index contributed by atoms with van der Waals surface area (Å²) in [6, 6.07) is 7.44. The average molecular weight is 186 g/mol. The standard InChI is InChI=1S/C9H12ClNO/c1-7(11(2)12)8-3-5-9(10)6-4-8/h3-7,12H,1-2H3. The summed E-state index contributed by atoms with van der Waals surface area (Å²) < 4.78 is 0. The Kier molecular flexibility index (Phi) is 3.09. The molecule has 3 heteroatoms. The lowest BCUT2D eigenvalue weighted by molar-refractivity contribution is -0.0984. The summed E-state index contributed by atoms with van der Waals surface area (Å²) in [6.07, 6.45) is 0. The maximum Gasteiger partial charge on any atom is 0.0568 e. The van der Waals surface area contributed by atoms with Crippen LogP contribution in [0.15, 0.2) is 24.3 Å². The fourth-order valence-corrected chi connectivity index (χ4v) is 1.08. The highest BCUT2D eigenvalue weighted by Crippen LogP contribution is 2.18. The van der Waals surface area contributed by atoms with Crippen molar-refractivity contribution in [3.05, 3.63) is 34.9 Å². The van der Waals surface area contributed by atoms with Gasteiger partial charge in [0.25, 0.3) is 0 Å². The summed E-state index contributed by atoms with van der Waals surface area (Å²) in [4.78, 5) is 0. The number of hydrogen-bond acceptors (Lipinski definition) is 2. The molecule has 1 rings (SSSR count). The van der Waals surface area contributed by atoms with E-state index in [1.165, 1.54) is 5.06 Å². The van der Waals surface area contributed by atoms with E-state index in [0.717, 1.165) is 5.56 Å². The molecule has 0 saturated carbocycles. The van der Waals surface area contributed by atoms with Crippen molar-refractivity contribution < 1.29 is 5.21 Å². The Morgan fingerprint density at radius 2 is 1.83 bits per heavy atom. The van der Waals surface area contributed by atoms with Crippen molar-refractivity contribution in [2.24, 2.45) is 0 Å². The van der Waals surface area contributed by atoms with Crippen LogP contribution in [0.3, 0.4) is 0 Å². The van der Waals surface area contributed by atoms with Gasteiger partial charge in [0.15, 0.2) is 0 Å². The van der Waals surface area contributed by atoms with E-state index < -0.39 is 0 Å². The van der Waals surface area contributed by atoms with Gasteiger partial charge in [-0.2, -0.15) is 5.06 Å². The first-order valence-corrected chi connectivity index (χ1v) is 4.16. The normalized spacial score (nSPS) is 13.4. The van der Waals surface area contributed by atoms with Crippen LogP contribution in [-0.4, -0.2) is 17.3 Å². The maximum atomic E-state index is 9.14. The highest BCUT2D eigenvalue weighted by molar-refractivity contribution is 6.30. The lowest BCUT2D eigenvalue weighted by Gasteiger charge is -2.17. The van der Waals surface area contributed by atoms with Gasteiger partial charge >= 0.3 is 0 Å². The minimum absolute atomic E-state index is 0.00210. The van der Waals surface area contributed by atoms with E-state index in [-0.39, 0.29) is 6.04 Å². The van der Waals surface area contributed by atoms with Crippen molar-refractivity contribution >= 4 is 11.6 Å². The van der Waals surface area contributed by atoms with E-state index in [9.17, 15) is 0 Å². The largest absolute Gasteiger partial charge is 0.314 e. The van der Waals surface area contributed by atoms with Gasteiger partial charge in [-0.3, -0.25) is 0 Å². The molecule has 1 atom stereocenters. The van der Waals surface area contributed by atoms with Crippen LogP contribution < -0.4 is 0 Å². The molecule has 0 spiro atoms. The summed E-state index contributed by atoms with van der Waals surface area (Å²) in [7, 11) is 1.62. The summed E-state index contributed by atoms with van der Waals surface area (Å²) in [5.41, 5.74) is 1.05. The second kappa shape index (κ2) is 3.90. The van der Waals surface area contributed by atoms with Gasteiger partial charge in [0, 0.05) is 12.1 Å². The van der Waals surface area contributed by atoms with Crippen LogP contribution >= 0.6 is 11.6 Å². The molecule has 0 amide bonds. The Morgan fingerprint density at radius 3 is 2.25 bits per heavy atom. The van der Waals surface area contributed by atoms with Crippen LogP contribution in [0.4, 0.5) is 0 Å². The first kappa shape index (κ1) is 9.52. The Hall–Kier alpha value is -0.570. The fraction of sp³-hybridized carbons (Fsp3) is 0.333. The van der Waals surface area contributed by atoms with Crippen molar-refractivity contribution in [2.75, 3.05) is 7.05 Å². The van der Waals surface area contributed by atoms with Crippen molar-refractivity contribution in [3.8, 4) is 0 Å². The van der Waals surface area contributed by atoms with Gasteiger partial charge in [0.2, 0.25) is 0 Å². The van der Waals surface area contributed by atoms with Crippen molar-refractivity contribution in [2.45, 2.75) is 13.0 Å². The quantitative estimate of drug-likeness (QED) is 0.717. The lowest BCUT2D eigenvalue weighted by Crippen LogP contribution is -2.17. The molecule has 12 heavy (non-hydrogen) atoms.